The number of esters is 1. The third kappa shape index (κ3) is 8.83. The van der Waals surface area contributed by atoms with E-state index in [9.17, 15) is 33.9 Å². The molecule has 0 aromatic heterocycles. The van der Waals surface area contributed by atoms with Crippen LogP contribution in [0.4, 0.5) is 0 Å². The van der Waals surface area contributed by atoms with Gasteiger partial charge in [-0.15, -0.1) is 11.6 Å². The number of amides is 5. The number of nitrogens with zero attached hydrogens (tertiary/aromatic N) is 3. The summed E-state index contributed by atoms with van der Waals surface area (Å²) in [5, 5.41) is 15.7. The molecule has 44 heavy (non-hydrogen) atoms. The van der Waals surface area contributed by atoms with Gasteiger partial charge in [-0.3, -0.25) is 28.8 Å². The van der Waals surface area contributed by atoms with Crippen LogP contribution in [0.1, 0.15) is 67.2 Å². The van der Waals surface area contributed by atoms with Crippen LogP contribution in [0, 0.1) is 17.8 Å². The second-order valence-corrected chi connectivity index (χ2v) is 12.7. The van der Waals surface area contributed by atoms with Gasteiger partial charge in [0.05, 0.1) is 12.5 Å². The fourth-order valence-corrected chi connectivity index (χ4v) is 5.82. The molecule has 2 saturated heterocycles. The first-order chi connectivity index (χ1) is 20.6. The minimum Gasteiger partial charge on any atom is -0.452 e. The van der Waals surface area contributed by atoms with Gasteiger partial charge >= 0.3 is 5.97 Å². The number of ether oxygens (including phenoxy) is 1. The van der Waals surface area contributed by atoms with Gasteiger partial charge in [-0.05, 0) is 31.1 Å². The van der Waals surface area contributed by atoms with Crippen LogP contribution in [0.3, 0.4) is 0 Å². The minimum atomic E-state index is -1.41. The molecule has 0 unspecified atom stereocenters. The molecule has 2 heterocycles. The second-order valence-electron chi connectivity index (χ2n) is 12.4. The molecule has 2 fully saturated rings. The number of nitrogens with one attached hydrogen (secondary N) is 2. The van der Waals surface area contributed by atoms with Crippen molar-refractivity contribution in [3.05, 3.63) is 0 Å². The van der Waals surface area contributed by atoms with E-state index in [0.717, 1.165) is 0 Å². The fourth-order valence-electron chi connectivity index (χ4n) is 5.69. The molecule has 0 radical (unpaired) electrons. The molecular weight excluding hydrogens is 594 g/mol. The number of aliphatic hydroxyl groups is 1. The third-order valence-electron chi connectivity index (χ3n) is 8.83. The lowest BCUT2D eigenvalue weighted by Gasteiger charge is -2.38. The summed E-state index contributed by atoms with van der Waals surface area (Å²) in [6.45, 7) is 10.7. The SMILES string of the molecule is CC[C@H](C)[C@@H]1NC(=O)[C@@H]2[C@@H](C)CCN2C(=O)[C@@H](C[C@H](O)CCl)OC(=O)CCNC(=O)[C@H](C)N(C)C(=O)[C@H](C(C)C)N(C)C1=O. The smallest absolute Gasteiger partial charge is 0.308 e. The largest absolute Gasteiger partial charge is 0.452 e. The number of carbonyl (C=O) groups excluding carboxylic acids is 6. The highest BCUT2D eigenvalue weighted by atomic mass is 35.5. The van der Waals surface area contributed by atoms with Crippen LogP contribution in [-0.2, 0) is 33.5 Å². The average molecular weight is 644 g/mol. The number of hydrogen-bond acceptors (Lipinski definition) is 8. The molecule has 0 aliphatic carbocycles. The molecule has 14 heteroatoms. The standard InChI is InChI=1S/C30H50ClN5O8/c1-9-17(4)23-29(42)35(8)24(16(2)3)30(43)34(7)19(6)26(39)32-12-10-22(38)44-21(14-20(37)15-31)28(41)36-13-11-18(5)25(36)27(40)33-23/h16-21,23-25,37H,9-15H2,1-8H3,(H,32,39)(H,33,40)/t17-,18-,19-,20-,21+,23-,24-,25-/m0/s1. The summed E-state index contributed by atoms with van der Waals surface area (Å²) in [5.41, 5.74) is 0. The highest BCUT2D eigenvalue weighted by Crippen LogP contribution is 2.27. The minimum absolute atomic E-state index is 0.128. The Hall–Kier alpha value is -2.93. The van der Waals surface area contributed by atoms with Crippen molar-refractivity contribution in [3.63, 3.8) is 0 Å². The molecule has 2 aliphatic rings. The lowest BCUT2D eigenvalue weighted by atomic mass is 9.94. The van der Waals surface area contributed by atoms with Crippen LogP contribution < -0.4 is 10.6 Å². The van der Waals surface area contributed by atoms with E-state index >= 15 is 0 Å². The molecular formula is C30H50ClN5O8. The van der Waals surface area contributed by atoms with Gasteiger partial charge in [0.2, 0.25) is 23.6 Å². The molecule has 0 saturated carbocycles. The number of likely N-dealkylation sites (N-methyl/N-ethyl adjacent to an activating group) is 2. The third-order valence-corrected chi connectivity index (χ3v) is 9.18. The van der Waals surface area contributed by atoms with Gasteiger partial charge in [0.1, 0.15) is 24.2 Å². The van der Waals surface area contributed by atoms with E-state index in [-0.39, 0.29) is 49.6 Å². The van der Waals surface area contributed by atoms with Crippen LogP contribution >= 0.6 is 11.6 Å². The summed E-state index contributed by atoms with van der Waals surface area (Å²) in [4.78, 5) is 84.9. The molecule has 0 aromatic carbocycles. The Bertz CT molecular complexity index is 1070. The van der Waals surface area contributed by atoms with Gasteiger partial charge in [-0.1, -0.05) is 41.0 Å². The Morgan fingerprint density at radius 1 is 0.977 bits per heavy atom. The summed E-state index contributed by atoms with van der Waals surface area (Å²) in [7, 11) is 2.98. The number of carbonyl (C=O) groups is 6. The van der Waals surface area contributed by atoms with Crippen LogP contribution in [0.15, 0.2) is 0 Å². The monoisotopic (exact) mass is 643 g/mol. The van der Waals surface area contributed by atoms with Gasteiger partial charge in [-0.25, -0.2) is 0 Å². The van der Waals surface area contributed by atoms with Gasteiger partial charge in [-0.2, -0.15) is 0 Å². The normalized spacial score (nSPS) is 30.2. The molecule has 8 atom stereocenters. The van der Waals surface area contributed by atoms with Crippen LogP contribution in [0.25, 0.3) is 0 Å². The first-order valence-corrected chi connectivity index (χ1v) is 16.0. The zero-order valence-electron chi connectivity index (χ0n) is 27.2. The van der Waals surface area contributed by atoms with Crippen molar-refractivity contribution < 1.29 is 38.6 Å². The lowest BCUT2D eigenvalue weighted by molar-refractivity contribution is -0.163. The summed E-state index contributed by atoms with van der Waals surface area (Å²) >= 11 is 5.78. The first-order valence-electron chi connectivity index (χ1n) is 15.4. The van der Waals surface area contributed by atoms with E-state index in [1.54, 1.807) is 13.8 Å². The quantitative estimate of drug-likeness (QED) is 0.278. The van der Waals surface area contributed by atoms with Gasteiger partial charge in [0.15, 0.2) is 6.10 Å². The Kier molecular flexibility index (Phi) is 13.9. The molecule has 3 N–H and O–H groups in total. The molecule has 0 bridgehead atoms. The number of hydrogen-bond donors (Lipinski definition) is 3. The Morgan fingerprint density at radius 3 is 2.18 bits per heavy atom. The van der Waals surface area contributed by atoms with Crippen molar-refractivity contribution in [2.75, 3.05) is 33.1 Å². The average Bonchev–Trinajstić information content (AvgIpc) is 3.37. The van der Waals surface area contributed by atoms with Gasteiger partial charge < -0.3 is 35.2 Å². The van der Waals surface area contributed by atoms with Crippen LogP contribution in [0.2, 0.25) is 0 Å². The molecule has 0 spiro atoms. The van der Waals surface area contributed by atoms with Gasteiger partial charge in [0, 0.05) is 39.5 Å². The second kappa shape index (κ2) is 16.4. The van der Waals surface area contributed by atoms with E-state index in [4.69, 9.17) is 16.3 Å². The molecule has 0 aromatic rings. The number of rotatable bonds is 6. The fraction of sp³-hybridized carbons (Fsp3) is 0.800. The maximum Gasteiger partial charge on any atom is 0.308 e. The van der Waals surface area contributed by atoms with Crippen molar-refractivity contribution >= 4 is 47.1 Å². The number of alkyl halides is 1. The Labute approximate surface area is 265 Å². The van der Waals surface area contributed by atoms with E-state index in [1.165, 1.54) is 35.7 Å². The molecule has 13 nitrogen and oxygen atoms in total. The summed E-state index contributed by atoms with van der Waals surface area (Å²) in [6, 6.07) is -3.83. The summed E-state index contributed by atoms with van der Waals surface area (Å²) in [6.07, 6.45) is -2.09. The van der Waals surface area contributed by atoms with E-state index in [2.05, 4.69) is 10.6 Å². The predicted octanol–water partition coefficient (Wildman–Crippen LogP) is 0.506. The van der Waals surface area contributed by atoms with Crippen LogP contribution in [0.5, 0.6) is 0 Å². The number of fused-ring (bicyclic) bond motifs is 1. The van der Waals surface area contributed by atoms with Crippen LogP contribution in [-0.4, -0.2) is 125 Å². The van der Waals surface area contributed by atoms with E-state index < -0.39 is 71.9 Å². The number of halogens is 1. The number of cyclic esters (lactones) is 1. The van der Waals surface area contributed by atoms with E-state index in [0.29, 0.717) is 12.8 Å². The zero-order valence-corrected chi connectivity index (χ0v) is 27.9. The summed E-state index contributed by atoms with van der Waals surface area (Å²) < 4.78 is 5.47. The molecule has 2 rings (SSSR count). The maximum absolute atomic E-state index is 14.0. The van der Waals surface area contributed by atoms with Crippen molar-refractivity contribution in [2.45, 2.75) is 104 Å². The van der Waals surface area contributed by atoms with Crippen molar-refractivity contribution in [1.82, 2.24) is 25.3 Å². The van der Waals surface area contributed by atoms with Crippen molar-refractivity contribution in [1.29, 1.82) is 0 Å². The Morgan fingerprint density at radius 2 is 1.61 bits per heavy atom. The maximum atomic E-state index is 14.0. The first kappa shape index (κ1) is 37.3. The molecule has 2 aliphatic heterocycles. The highest BCUT2D eigenvalue weighted by Gasteiger charge is 2.45. The molecule has 250 valence electrons. The lowest BCUT2D eigenvalue weighted by Crippen LogP contribution is -2.61. The number of aliphatic hydroxyl groups excluding tert-OH is 1. The zero-order chi connectivity index (χ0) is 33.5. The van der Waals surface area contributed by atoms with Crippen molar-refractivity contribution in [2.24, 2.45) is 17.8 Å². The van der Waals surface area contributed by atoms with Crippen molar-refractivity contribution in [3.8, 4) is 0 Å². The topological polar surface area (TPSA) is 166 Å². The van der Waals surface area contributed by atoms with Gasteiger partial charge in [0.25, 0.3) is 5.91 Å². The Balaban J connectivity index is 2.59. The molecule has 5 amide bonds. The van der Waals surface area contributed by atoms with E-state index in [1.807, 2.05) is 20.8 Å². The predicted molar refractivity (Wildman–Crippen MR) is 163 cm³/mol. The highest BCUT2D eigenvalue weighted by molar-refractivity contribution is 6.18. The summed E-state index contributed by atoms with van der Waals surface area (Å²) in [5.74, 6) is -4.55.